The van der Waals surface area contributed by atoms with Crippen LogP contribution in [0.1, 0.15) is 79.6 Å². The van der Waals surface area contributed by atoms with E-state index in [1.165, 1.54) is 51.9 Å². The molecule has 0 aliphatic heterocycles. The summed E-state index contributed by atoms with van der Waals surface area (Å²) >= 11 is 0. The molecule has 0 heterocycles. The van der Waals surface area contributed by atoms with Gasteiger partial charge in [-0.2, -0.15) is 0 Å². The van der Waals surface area contributed by atoms with E-state index in [1.54, 1.807) is 0 Å². The quantitative estimate of drug-likeness (QED) is 0.438. The fraction of sp³-hybridized carbons (Fsp3) is 0.923. The van der Waals surface area contributed by atoms with E-state index in [2.05, 4.69) is 13.8 Å². The zero-order valence-corrected chi connectivity index (χ0v) is 10.9. The fourth-order valence-electron chi connectivity index (χ4n) is 1.03. The maximum Gasteiger partial charge on any atom is 0.116 e. The van der Waals surface area contributed by atoms with Crippen LogP contribution in [0.4, 0.5) is 0 Å². The van der Waals surface area contributed by atoms with Crippen molar-refractivity contribution in [1.29, 1.82) is 0 Å². The summed E-state index contributed by atoms with van der Waals surface area (Å²) in [6.45, 7) is 9.97. The van der Waals surface area contributed by atoms with E-state index in [0.29, 0.717) is 0 Å². The minimum Gasteiger partial charge on any atom is -0.304 e. The van der Waals surface area contributed by atoms with Gasteiger partial charge in [0.25, 0.3) is 0 Å². The van der Waals surface area contributed by atoms with E-state index >= 15 is 0 Å². The Morgan fingerprint density at radius 3 is 1.21 bits per heavy atom. The third-order valence-electron chi connectivity index (χ3n) is 1.71. The largest absolute Gasteiger partial charge is 0.304 e. The van der Waals surface area contributed by atoms with Crippen molar-refractivity contribution < 1.29 is 4.79 Å². The highest BCUT2D eigenvalue weighted by molar-refractivity contribution is 5.44. The fourth-order valence-corrected chi connectivity index (χ4v) is 1.03. The van der Waals surface area contributed by atoms with Crippen LogP contribution < -0.4 is 0 Å². The van der Waals surface area contributed by atoms with E-state index in [4.69, 9.17) is 4.79 Å². The molecule has 0 aliphatic carbocycles. The molecule has 0 N–H and O–H groups in total. The van der Waals surface area contributed by atoms with Gasteiger partial charge in [-0.05, 0) is 6.92 Å². The zero-order chi connectivity index (χ0) is 11.7. The van der Waals surface area contributed by atoms with Gasteiger partial charge >= 0.3 is 0 Å². The minimum atomic E-state index is 0.750. The molecule has 1 nitrogen and oxygen atoms in total. The summed E-state index contributed by atoms with van der Waals surface area (Å²) in [4.78, 5) is 8.81. The molecule has 0 aliphatic rings. The third-order valence-corrected chi connectivity index (χ3v) is 1.71. The van der Waals surface area contributed by atoms with Gasteiger partial charge in [0.1, 0.15) is 6.29 Å². The molecule has 1 heteroatoms. The first-order chi connectivity index (χ1) is 6.83. The molecule has 0 amide bonds. The van der Waals surface area contributed by atoms with Crippen LogP contribution in [-0.2, 0) is 4.79 Å². The van der Waals surface area contributed by atoms with Gasteiger partial charge in [0.05, 0.1) is 0 Å². The van der Waals surface area contributed by atoms with E-state index in [0.717, 1.165) is 6.29 Å². The highest BCUT2D eigenvalue weighted by Crippen LogP contribution is 2.05. The van der Waals surface area contributed by atoms with Crippen molar-refractivity contribution in [2.45, 2.75) is 79.6 Å². The summed E-state index contributed by atoms with van der Waals surface area (Å²) in [6.07, 6.45) is 10.7. The Hall–Kier alpha value is -0.330. The molecule has 0 fully saturated rings. The number of aldehydes is 1. The van der Waals surface area contributed by atoms with Gasteiger partial charge < -0.3 is 4.79 Å². The van der Waals surface area contributed by atoms with Crippen LogP contribution in [0.15, 0.2) is 0 Å². The summed E-state index contributed by atoms with van der Waals surface area (Å²) in [5.41, 5.74) is 0. The van der Waals surface area contributed by atoms with E-state index < -0.39 is 0 Å². The molecule has 0 aromatic heterocycles. The summed E-state index contributed by atoms with van der Waals surface area (Å²) in [5.74, 6) is 0. The van der Waals surface area contributed by atoms with Crippen molar-refractivity contribution in [3.8, 4) is 0 Å². The molecule has 0 unspecified atom stereocenters. The van der Waals surface area contributed by atoms with E-state index in [9.17, 15) is 0 Å². The van der Waals surface area contributed by atoms with Gasteiger partial charge in [-0.15, -0.1) is 0 Å². The van der Waals surface area contributed by atoms with Crippen LogP contribution in [0.5, 0.6) is 0 Å². The second-order valence-electron chi connectivity index (χ2n) is 3.00. The molecule has 0 spiro atoms. The Labute approximate surface area is 91.3 Å². The average Bonchev–Trinajstić information content (AvgIpc) is 2.22. The van der Waals surface area contributed by atoms with Gasteiger partial charge in [-0.3, -0.25) is 0 Å². The van der Waals surface area contributed by atoms with Crippen LogP contribution in [0.3, 0.4) is 0 Å². The maximum atomic E-state index is 8.81. The number of hydrogen-bond donors (Lipinski definition) is 0. The molecule has 0 saturated heterocycles. The second kappa shape index (κ2) is 29.3. The first kappa shape index (κ1) is 19.3. The number of hydrogen-bond acceptors (Lipinski definition) is 1. The van der Waals surface area contributed by atoms with Crippen LogP contribution in [0.2, 0.25) is 0 Å². The molecule has 14 heavy (non-hydrogen) atoms. The summed E-state index contributed by atoms with van der Waals surface area (Å²) in [6, 6.07) is 0. The molecular formula is C13H30O. The molecule has 0 saturated carbocycles. The Morgan fingerprint density at radius 2 is 1.00 bits per heavy atom. The lowest BCUT2D eigenvalue weighted by molar-refractivity contribution is -0.106. The number of carbonyl (C=O) groups excluding carboxylic acids is 1. The Balaban J connectivity index is -0.000000205. The molecule has 0 bridgehead atoms. The monoisotopic (exact) mass is 202 g/mol. The van der Waals surface area contributed by atoms with Crippen LogP contribution in [-0.4, -0.2) is 6.29 Å². The van der Waals surface area contributed by atoms with Crippen LogP contribution >= 0.6 is 0 Å². The van der Waals surface area contributed by atoms with Crippen molar-refractivity contribution in [2.75, 3.05) is 0 Å². The molecule has 88 valence electrons. The number of carbonyl (C=O) groups is 1. The minimum absolute atomic E-state index is 0.750. The molecular weight excluding hydrogens is 172 g/mol. The highest BCUT2D eigenvalue weighted by Gasteiger charge is 1.85. The van der Waals surface area contributed by atoms with E-state index in [-0.39, 0.29) is 0 Å². The Bertz CT molecular complexity index is 63.6. The lowest BCUT2D eigenvalue weighted by Gasteiger charge is -1.96. The van der Waals surface area contributed by atoms with Crippen molar-refractivity contribution in [1.82, 2.24) is 0 Å². The average molecular weight is 202 g/mol. The standard InChI is InChI=1S/C9H20.C2H4O.C2H6/c1-3-5-7-9-8-6-4-2;1-2-3;1-2/h3-9H2,1-2H3;2H,1H3;1-2H3. The second-order valence-corrected chi connectivity index (χ2v) is 3.00. The van der Waals surface area contributed by atoms with Gasteiger partial charge in [-0.25, -0.2) is 0 Å². The first-order valence-electron chi connectivity index (χ1n) is 6.23. The van der Waals surface area contributed by atoms with Crippen LogP contribution in [0, 0.1) is 0 Å². The van der Waals surface area contributed by atoms with Gasteiger partial charge in [-0.1, -0.05) is 72.6 Å². The normalized spacial score (nSPS) is 7.79. The van der Waals surface area contributed by atoms with Crippen molar-refractivity contribution in [3.05, 3.63) is 0 Å². The molecule has 0 aromatic carbocycles. The Kier molecular flexibility index (Phi) is 40.4. The van der Waals surface area contributed by atoms with Crippen LogP contribution in [0.25, 0.3) is 0 Å². The molecule has 0 rings (SSSR count). The smallest absolute Gasteiger partial charge is 0.116 e. The molecule has 0 radical (unpaired) electrons. The van der Waals surface area contributed by atoms with Crippen molar-refractivity contribution in [3.63, 3.8) is 0 Å². The van der Waals surface area contributed by atoms with Gasteiger partial charge in [0.2, 0.25) is 0 Å². The van der Waals surface area contributed by atoms with Gasteiger partial charge in [0.15, 0.2) is 0 Å². The topological polar surface area (TPSA) is 17.1 Å². The summed E-state index contributed by atoms with van der Waals surface area (Å²) in [7, 11) is 0. The SMILES string of the molecule is CC.CC=O.CCCCCCCCC. The lowest BCUT2D eigenvalue weighted by atomic mass is 10.1. The zero-order valence-electron chi connectivity index (χ0n) is 10.9. The molecule has 0 atom stereocenters. The third kappa shape index (κ3) is 41.3. The first-order valence-corrected chi connectivity index (χ1v) is 6.23. The van der Waals surface area contributed by atoms with Crippen molar-refractivity contribution >= 4 is 6.29 Å². The van der Waals surface area contributed by atoms with Gasteiger partial charge in [0, 0.05) is 0 Å². The summed E-state index contributed by atoms with van der Waals surface area (Å²) < 4.78 is 0. The lowest BCUT2D eigenvalue weighted by Crippen LogP contribution is -1.76. The number of unbranched alkanes of at least 4 members (excludes halogenated alkanes) is 6. The highest BCUT2D eigenvalue weighted by atomic mass is 16.1. The predicted molar refractivity (Wildman–Crippen MR) is 66.8 cm³/mol. The predicted octanol–water partition coefficient (Wildman–Crippen LogP) is 4.99. The molecule has 0 aromatic rings. The van der Waals surface area contributed by atoms with E-state index in [1.807, 2.05) is 13.8 Å². The maximum absolute atomic E-state index is 8.81. The summed E-state index contributed by atoms with van der Waals surface area (Å²) in [5, 5.41) is 0. The van der Waals surface area contributed by atoms with Crippen molar-refractivity contribution in [2.24, 2.45) is 0 Å². The Morgan fingerprint density at radius 1 is 0.786 bits per heavy atom. The number of rotatable bonds is 6.